The summed E-state index contributed by atoms with van der Waals surface area (Å²) in [6.45, 7) is 0. The molecule has 80 valence electrons. The molecule has 15 heavy (non-hydrogen) atoms. The number of fused-ring (bicyclic) bond motifs is 1. The van der Waals surface area contributed by atoms with Gasteiger partial charge in [0.25, 0.3) is 0 Å². The van der Waals surface area contributed by atoms with Gasteiger partial charge in [-0.15, -0.1) is 0 Å². The Bertz CT molecular complexity index is 356. The van der Waals surface area contributed by atoms with Gasteiger partial charge in [0.15, 0.2) is 0 Å². The predicted molar refractivity (Wildman–Crippen MR) is 59.9 cm³/mol. The zero-order chi connectivity index (χ0) is 10.1. The van der Waals surface area contributed by atoms with Crippen molar-refractivity contribution in [1.29, 1.82) is 0 Å². The topological polar surface area (TPSA) is 37.8 Å². The van der Waals surface area contributed by atoms with Crippen molar-refractivity contribution in [3.8, 4) is 0 Å². The molecule has 2 aliphatic carbocycles. The van der Waals surface area contributed by atoms with Crippen LogP contribution >= 0.6 is 0 Å². The highest BCUT2D eigenvalue weighted by Crippen LogP contribution is 2.28. The van der Waals surface area contributed by atoms with Gasteiger partial charge in [0.2, 0.25) is 0 Å². The van der Waals surface area contributed by atoms with E-state index in [0.29, 0.717) is 6.04 Å². The minimum absolute atomic E-state index is 0.657. The predicted octanol–water partition coefficient (Wildman–Crippen LogP) is 2.32. The summed E-state index contributed by atoms with van der Waals surface area (Å²) >= 11 is 0. The summed E-state index contributed by atoms with van der Waals surface area (Å²) in [4.78, 5) is 8.73. The number of aromatic nitrogens is 2. The van der Waals surface area contributed by atoms with Gasteiger partial charge in [0, 0.05) is 17.3 Å². The first-order chi connectivity index (χ1) is 7.43. The van der Waals surface area contributed by atoms with Gasteiger partial charge in [-0.05, 0) is 32.1 Å². The molecule has 0 atom stereocenters. The summed E-state index contributed by atoms with van der Waals surface area (Å²) in [5.41, 5.74) is 2.65. The van der Waals surface area contributed by atoms with Crippen molar-refractivity contribution in [3.63, 3.8) is 0 Å². The van der Waals surface area contributed by atoms with Crippen molar-refractivity contribution >= 4 is 5.82 Å². The molecule has 0 aromatic carbocycles. The average molecular weight is 203 g/mol. The fourth-order valence-electron chi connectivity index (χ4n) is 2.75. The number of hydrogen-bond donors (Lipinski definition) is 1. The molecule has 1 N–H and O–H groups in total. The highest BCUT2D eigenvalue weighted by atomic mass is 15.0. The lowest BCUT2D eigenvalue weighted by Crippen LogP contribution is -2.17. The van der Waals surface area contributed by atoms with Crippen LogP contribution in [-0.4, -0.2) is 16.0 Å². The Morgan fingerprint density at radius 3 is 2.80 bits per heavy atom. The van der Waals surface area contributed by atoms with E-state index in [-0.39, 0.29) is 0 Å². The van der Waals surface area contributed by atoms with Crippen LogP contribution < -0.4 is 5.32 Å². The smallest absolute Gasteiger partial charge is 0.133 e. The first kappa shape index (κ1) is 9.13. The number of rotatable bonds is 2. The Morgan fingerprint density at radius 1 is 1.07 bits per heavy atom. The van der Waals surface area contributed by atoms with Gasteiger partial charge < -0.3 is 5.32 Å². The zero-order valence-corrected chi connectivity index (χ0v) is 9.00. The summed E-state index contributed by atoms with van der Waals surface area (Å²) in [7, 11) is 0. The zero-order valence-electron chi connectivity index (χ0n) is 9.00. The van der Waals surface area contributed by atoms with Crippen molar-refractivity contribution < 1.29 is 0 Å². The second-order valence-corrected chi connectivity index (χ2v) is 4.63. The monoisotopic (exact) mass is 203 g/mol. The molecule has 0 spiro atoms. The molecule has 0 bridgehead atoms. The fraction of sp³-hybridized carbons (Fsp3) is 0.667. The Hall–Kier alpha value is -1.12. The minimum Gasteiger partial charge on any atom is -0.367 e. The molecule has 2 aliphatic rings. The van der Waals surface area contributed by atoms with Crippen LogP contribution in [-0.2, 0) is 12.8 Å². The summed E-state index contributed by atoms with van der Waals surface area (Å²) in [5, 5.41) is 3.59. The maximum absolute atomic E-state index is 4.39. The van der Waals surface area contributed by atoms with Gasteiger partial charge in [-0.25, -0.2) is 9.97 Å². The normalized spacial score (nSPS) is 20.5. The van der Waals surface area contributed by atoms with Gasteiger partial charge in [-0.2, -0.15) is 0 Å². The lowest BCUT2D eigenvalue weighted by Gasteiger charge is -2.14. The number of anilines is 1. The van der Waals surface area contributed by atoms with E-state index in [9.17, 15) is 0 Å². The summed E-state index contributed by atoms with van der Waals surface area (Å²) in [6.07, 6.45) is 10.6. The van der Waals surface area contributed by atoms with Crippen LogP contribution in [0.4, 0.5) is 5.82 Å². The molecule has 3 heteroatoms. The largest absolute Gasteiger partial charge is 0.367 e. The molecule has 0 saturated heterocycles. The third-order valence-electron chi connectivity index (χ3n) is 3.57. The summed E-state index contributed by atoms with van der Waals surface area (Å²) < 4.78 is 0. The van der Waals surface area contributed by atoms with Crippen LogP contribution in [0.25, 0.3) is 0 Å². The molecule has 0 aliphatic heterocycles. The number of nitrogens with zero attached hydrogens (tertiary/aromatic N) is 2. The first-order valence-corrected chi connectivity index (χ1v) is 6.03. The molecule has 1 aromatic rings. The lowest BCUT2D eigenvalue weighted by molar-refractivity contribution is 0.747. The Kier molecular flexibility index (Phi) is 2.31. The Balaban J connectivity index is 1.82. The third kappa shape index (κ3) is 1.71. The molecule has 1 heterocycles. The van der Waals surface area contributed by atoms with Gasteiger partial charge in [-0.1, -0.05) is 12.8 Å². The maximum Gasteiger partial charge on any atom is 0.133 e. The number of nitrogens with one attached hydrogen (secondary N) is 1. The van der Waals surface area contributed by atoms with Crippen LogP contribution in [0.5, 0.6) is 0 Å². The van der Waals surface area contributed by atoms with Crippen LogP contribution in [0, 0.1) is 0 Å². The van der Waals surface area contributed by atoms with Crippen molar-refractivity contribution in [2.45, 2.75) is 51.0 Å². The number of hydrogen-bond acceptors (Lipinski definition) is 3. The second-order valence-electron chi connectivity index (χ2n) is 4.63. The van der Waals surface area contributed by atoms with E-state index in [2.05, 4.69) is 15.3 Å². The molecule has 1 fully saturated rings. The van der Waals surface area contributed by atoms with E-state index in [1.54, 1.807) is 6.33 Å². The van der Waals surface area contributed by atoms with E-state index in [0.717, 1.165) is 18.7 Å². The molecule has 1 saturated carbocycles. The minimum atomic E-state index is 0.657. The summed E-state index contributed by atoms with van der Waals surface area (Å²) in [6, 6.07) is 0.657. The molecule has 1 aromatic heterocycles. The summed E-state index contributed by atoms with van der Waals surface area (Å²) in [5.74, 6) is 1.12. The van der Waals surface area contributed by atoms with Crippen molar-refractivity contribution in [2.75, 3.05) is 5.32 Å². The van der Waals surface area contributed by atoms with Crippen molar-refractivity contribution in [2.24, 2.45) is 0 Å². The highest BCUT2D eigenvalue weighted by molar-refractivity contribution is 5.48. The van der Waals surface area contributed by atoms with E-state index >= 15 is 0 Å². The Morgan fingerprint density at radius 2 is 1.93 bits per heavy atom. The molecule has 0 radical (unpaired) electrons. The standard InChI is InChI=1S/C12H17N3/c1-2-5-9(4-1)15-12-10-6-3-7-11(10)13-8-14-12/h8-9H,1-7H2,(H,13,14,15). The first-order valence-electron chi connectivity index (χ1n) is 6.03. The van der Waals surface area contributed by atoms with E-state index in [4.69, 9.17) is 0 Å². The van der Waals surface area contributed by atoms with Gasteiger partial charge in [0.05, 0.1) is 0 Å². The van der Waals surface area contributed by atoms with Crippen LogP contribution in [0.1, 0.15) is 43.4 Å². The van der Waals surface area contributed by atoms with E-state index in [1.807, 2.05) is 0 Å². The van der Waals surface area contributed by atoms with Gasteiger partial charge >= 0.3 is 0 Å². The molecule has 0 amide bonds. The van der Waals surface area contributed by atoms with Crippen LogP contribution in [0.2, 0.25) is 0 Å². The van der Waals surface area contributed by atoms with Gasteiger partial charge in [0.1, 0.15) is 12.1 Å². The quantitative estimate of drug-likeness (QED) is 0.801. The fourth-order valence-corrected chi connectivity index (χ4v) is 2.75. The third-order valence-corrected chi connectivity index (χ3v) is 3.57. The molecule has 3 rings (SSSR count). The van der Waals surface area contributed by atoms with E-state index in [1.165, 1.54) is 43.4 Å². The molecular formula is C12H17N3. The van der Waals surface area contributed by atoms with Crippen molar-refractivity contribution in [1.82, 2.24) is 9.97 Å². The molecule has 3 nitrogen and oxygen atoms in total. The highest BCUT2D eigenvalue weighted by Gasteiger charge is 2.20. The molecular weight excluding hydrogens is 186 g/mol. The maximum atomic E-state index is 4.39. The lowest BCUT2D eigenvalue weighted by atomic mass is 10.2. The van der Waals surface area contributed by atoms with Gasteiger partial charge in [-0.3, -0.25) is 0 Å². The van der Waals surface area contributed by atoms with Crippen molar-refractivity contribution in [3.05, 3.63) is 17.6 Å². The van der Waals surface area contributed by atoms with Crippen LogP contribution in [0.15, 0.2) is 6.33 Å². The van der Waals surface area contributed by atoms with E-state index < -0.39 is 0 Å². The van der Waals surface area contributed by atoms with Crippen LogP contribution in [0.3, 0.4) is 0 Å². The number of aryl methyl sites for hydroxylation is 1. The second kappa shape index (κ2) is 3.80. The average Bonchev–Trinajstić information content (AvgIpc) is 2.87. The SMILES string of the molecule is c1nc2c(c(NC3CCCC3)n1)CCC2. The Labute approximate surface area is 90.3 Å². The molecule has 0 unspecified atom stereocenters.